The molecule has 1 aromatic heterocycles. The van der Waals surface area contributed by atoms with Gasteiger partial charge in [0.25, 0.3) is 0 Å². The number of benzene rings is 1. The molecule has 3 nitrogen and oxygen atoms in total. The van der Waals surface area contributed by atoms with Crippen molar-refractivity contribution in [1.29, 1.82) is 0 Å². The molecule has 2 heterocycles. The van der Waals surface area contributed by atoms with Crippen LogP contribution in [0.2, 0.25) is 0 Å². The van der Waals surface area contributed by atoms with Crippen molar-refractivity contribution >= 4 is 10.9 Å². The highest BCUT2D eigenvalue weighted by Crippen LogP contribution is 2.20. The maximum absolute atomic E-state index is 4.69. The molecule has 0 aliphatic carbocycles. The first-order valence-corrected chi connectivity index (χ1v) is 6.41. The van der Waals surface area contributed by atoms with E-state index in [1.54, 1.807) is 0 Å². The van der Waals surface area contributed by atoms with Gasteiger partial charge in [0.05, 0.1) is 12.1 Å². The molecule has 1 saturated heterocycles. The Balaban J connectivity index is 1.96. The van der Waals surface area contributed by atoms with E-state index in [4.69, 9.17) is 5.10 Å². The lowest BCUT2D eigenvalue weighted by molar-refractivity contribution is 0.471. The normalized spacial score (nSPS) is 20.2. The van der Waals surface area contributed by atoms with Crippen LogP contribution in [0.25, 0.3) is 10.9 Å². The van der Waals surface area contributed by atoms with Crippen LogP contribution in [0.15, 0.2) is 18.2 Å². The number of rotatable bonds is 2. The molecule has 17 heavy (non-hydrogen) atoms. The Morgan fingerprint density at radius 2 is 2.29 bits per heavy atom. The summed E-state index contributed by atoms with van der Waals surface area (Å²) in [6.07, 6.45) is 2.57. The van der Waals surface area contributed by atoms with Crippen molar-refractivity contribution in [3.63, 3.8) is 0 Å². The Labute approximate surface area is 102 Å². The molecule has 1 fully saturated rings. The molecule has 2 aromatic rings. The third kappa shape index (κ3) is 1.95. The fourth-order valence-electron chi connectivity index (χ4n) is 2.67. The predicted octanol–water partition coefficient (Wildman–Crippen LogP) is 2.41. The van der Waals surface area contributed by atoms with Crippen LogP contribution in [0.1, 0.15) is 24.1 Å². The molecular formula is C14H19N3. The van der Waals surface area contributed by atoms with Gasteiger partial charge in [-0.1, -0.05) is 11.6 Å². The minimum absolute atomic E-state index is 0.601. The van der Waals surface area contributed by atoms with E-state index >= 15 is 0 Å². The molecule has 3 heteroatoms. The van der Waals surface area contributed by atoms with Gasteiger partial charge in [-0.3, -0.25) is 4.68 Å². The smallest absolute Gasteiger partial charge is 0.0926 e. The van der Waals surface area contributed by atoms with E-state index < -0.39 is 0 Å². The quantitative estimate of drug-likeness (QED) is 0.857. The molecule has 1 aliphatic heterocycles. The summed E-state index contributed by atoms with van der Waals surface area (Å²) in [4.78, 5) is 0. The molecule has 1 aromatic carbocycles. The number of aromatic nitrogens is 2. The van der Waals surface area contributed by atoms with Crippen molar-refractivity contribution in [1.82, 2.24) is 15.1 Å². The maximum Gasteiger partial charge on any atom is 0.0926 e. The first kappa shape index (κ1) is 10.8. The van der Waals surface area contributed by atoms with Gasteiger partial charge in [0, 0.05) is 17.1 Å². The first-order chi connectivity index (χ1) is 8.24. The molecule has 1 atom stereocenters. The van der Waals surface area contributed by atoms with Crippen molar-refractivity contribution in [2.75, 3.05) is 6.54 Å². The largest absolute Gasteiger partial charge is 0.312 e. The molecule has 0 amide bonds. The van der Waals surface area contributed by atoms with E-state index in [9.17, 15) is 0 Å². The molecule has 0 spiro atoms. The molecule has 90 valence electrons. The Morgan fingerprint density at radius 3 is 3.06 bits per heavy atom. The van der Waals surface area contributed by atoms with Gasteiger partial charge in [0.2, 0.25) is 0 Å². The van der Waals surface area contributed by atoms with E-state index in [1.807, 2.05) is 0 Å². The highest BCUT2D eigenvalue weighted by molar-refractivity contribution is 5.82. The van der Waals surface area contributed by atoms with Crippen molar-refractivity contribution < 1.29 is 0 Å². The van der Waals surface area contributed by atoms with Gasteiger partial charge in [0.15, 0.2) is 0 Å². The number of fused-ring (bicyclic) bond motifs is 1. The zero-order chi connectivity index (χ0) is 11.8. The molecule has 1 aliphatic rings. The van der Waals surface area contributed by atoms with Crippen molar-refractivity contribution in [3.8, 4) is 0 Å². The number of hydrogen-bond acceptors (Lipinski definition) is 2. The van der Waals surface area contributed by atoms with Gasteiger partial charge in [-0.05, 0) is 45.4 Å². The fraction of sp³-hybridized carbons (Fsp3) is 0.500. The van der Waals surface area contributed by atoms with Gasteiger partial charge in [-0.25, -0.2) is 0 Å². The molecule has 1 unspecified atom stereocenters. The molecular weight excluding hydrogens is 210 g/mol. The zero-order valence-electron chi connectivity index (χ0n) is 10.5. The Kier molecular flexibility index (Phi) is 2.63. The van der Waals surface area contributed by atoms with E-state index in [1.165, 1.54) is 29.5 Å². The van der Waals surface area contributed by atoms with Crippen LogP contribution in [0.4, 0.5) is 0 Å². The van der Waals surface area contributed by atoms with Gasteiger partial charge >= 0.3 is 0 Å². The third-order valence-electron chi connectivity index (χ3n) is 3.71. The summed E-state index contributed by atoms with van der Waals surface area (Å²) in [5.41, 5.74) is 3.71. The lowest BCUT2D eigenvalue weighted by Gasteiger charge is -2.11. The lowest BCUT2D eigenvalue weighted by atomic mass is 10.1. The lowest BCUT2D eigenvalue weighted by Crippen LogP contribution is -2.27. The highest BCUT2D eigenvalue weighted by Gasteiger charge is 2.16. The zero-order valence-corrected chi connectivity index (χ0v) is 10.5. The van der Waals surface area contributed by atoms with Crippen molar-refractivity contribution in [2.24, 2.45) is 0 Å². The predicted molar refractivity (Wildman–Crippen MR) is 70.2 cm³/mol. The van der Waals surface area contributed by atoms with Gasteiger partial charge in [-0.15, -0.1) is 0 Å². The average molecular weight is 229 g/mol. The van der Waals surface area contributed by atoms with E-state index in [0.29, 0.717) is 6.04 Å². The second-order valence-corrected chi connectivity index (χ2v) is 5.08. The monoisotopic (exact) mass is 229 g/mol. The van der Waals surface area contributed by atoms with Crippen LogP contribution in [0, 0.1) is 13.8 Å². The summed E-state index contributed by atoms with van der Waals surface area (Å²) in [6.45, 7) is 6.46. The van der Waals surface area contributed by atoms with Gasteiger partial charge in [0.1, 0.15) is 0 Å². The standard InChI is InChI=1S/C14H19N3/c1-10-5-6-14-13(8-10)11(2)17(16-14)9-12-4-3-7-15-12/h5-6,8,12,15H,3-4,7,9H2,1-2H3. The third-order valence-corrected chi connectivity index (χ3v) is 3.71. The van der Waals surface area contributed by atoms with Crippen molar-refractivity contribution in [2.45, 2.75) is 39.3 Å². The number of nitrogens with one attached hydrogen (secondary N) is 1. The summed E-state index contributed by atoms with van der Waals surface area (Å²) in [7, 11) is 0. The van der Waals surface area contributed by atoms with Crippen LogP contribution in [-0.2, 0) is 6.54 Å². The summed E-state index contributed by atoms with van der Waals surface area (Å²) in [6, 6.07) is 7.09. The topological polar surface area (TPSA) is 29.9 Å². The summed E-state index contributed by atoms with van der Waals surface area (Å²) in [5, 5.41) is 9.52. The SMILES string of the molecule is Cc1ccc2nn(CC3CCCN3)c(C)c2c1. The van der Waals surface area contributed by atoms with E-state index in [2.05, 4.69) is 42.0 Å². The Morgan fingerprint density at radius 1 is 1.41 bits per heavy atom. The van der Waals surface area contributed by atoms with Crippen LogP contribution >= 0.6 is 0 Å². The van der Waals surface area contributed by atoms with Crippen LogP contribution in [-0.4, -0.2) is 22.4 Å². The summed E-state index contributed by atoms with van der Waals surface area (Å²) >= 11 is 0. The fourth-order valence-corrected chi connectivity index (χ4v) is 2.67. The Hall–Kier alpha value is -1.35. The summed E-state index contributed by atoms with van der Waals surface area (Å²) < 4.78 is 2.16. The summed E-state index contributed by atoms with van der Waals surface area (Å²) in [5.74, 6) is 0. The second-order valence-electron chi connectivity index (χ2n) is 5.08. The molecule has 1 N–H and O–H groups in total. The minimum Gasteiger partial charge on any atom is -0.312 e. The second kappa shape index (κ2) is 4.15. The van der Waals surface area contributed by atoms with E-state index in [-0.39, 0.29) is 0 Å². The van der Waals surface area contributed by atoms with Gasteiger partial charge in [-0.2, -0.15) is 5.10 Å². The molecule has 0 saturated carbocycles. The van der Waals surface area contributed by atoms with Crippen LogP contribution < -0.4 is 5.32 Å². The molecule has 3 rings (SSSR count). The first-order valence-electron chi connectivity index (χ1n) is 6.41. The van der Waals surface area contributed by atoms with Crippen molar-refractivity contribution in [3.05, 3.63) is 29.5 Å². The van der Waals surface area contributed by atoms with E-state index in [0.717, 1.165) is 18.6 Å². The van der Waals surface area contributed by atoms with Gasteiger partial charge < -0.3 is 5.32 Å². The molecule has 0 bridgehead atoms. The number of aryl methyl sites for hydroxylation is 2. The number of nitrogens with zero attached hydrogens (tertiary/aromatic N) is 2. The maximum atomic E-state index is 4.69. The van der Waals surface area contributed by atoms with Crippen LogP contribution in [0.5, 0.6) is 0 Å². The molecule has 0 radical (unpaired) electrons. The minimum atomic E-state index is 0.601. The van der Waals surface area contributed by atoms with Crippen LogP contribution in [0.3, 0.4) is 0 Å². The number of hydrogen-bond donors (Lipinski definition) is 1. The average Bonchev–Trinajstić information content (AvgIpc) is 2.91. The Bertz CT molecular complexity index is 536. The highest BCUT2D eigenvalue weighted by atomic mass is 15.3.